The summed E-state index contributed by atoms with van der Waals surface area (Å²) in [4.78, 5) is 17.1. The summed E-state index contributed by atoms with van der Waals surface area (Å²) in [5.41, 5.74) is 9.44. The minimum Gasteiger partial charge on any atom is -0.445 e. The van der Waals surface area contributed by atoms with E-state index in [0.29, 0.717) is 19.1 Å². The van der Waals surface area contributed by atoms with Crippen molar-refractivity contribution in [3.8, 4) is 0 Å². The number of azide groups is 1. The highest BCUT2D eigenvalue weighted by Gasteiger charge is 2.43. The van der Waals surface area contributed by atoms with E-state index in [0.717, 1.165) is 31.2 Å². The molecule has 2 fully saturated rings. The minimum absolute atomic E-state index is 0.210. The quantitative estimate of drug-likeness (QED) is 0.480. The summed E-state index contributed by atoms with van der Waals surface area (Å²) in [6.45, 7) is 0.855. The molecule has 6 nitrogen and oxygen atoms in total. The molecule has 2 saturated heterocycles. The number of nitrogens with zero attached hydrogens (tertiary/aromatic N) is 4. The largest absolute Gasteiger partial charge is 0.445 e. The molecule has 22 heavy (non-hydrogen) atoms. The van der Waals surface area contributed by atoms with E-state index in [9.17, 15) is 4.79 Å². The number of carbonyl (C=O) groups excluding carboxylic acids is 1. The van der Waals surface area contributed by atoms with Crippen molar-refractivity contribution in [2.75, 3.05) is 6.54 Å². The molecule has 2 unspecified atom stereocenters. The summed E-state index contributed by atoms with van der Waals surface area (Å²) < 4.78 is 5.47. The van der Waals surface area contributed by atoms with Crippen molar-refractivity contribution in [2.45, 2.75) is 44.4 Å². The van der Waals surface area contributed by atoms with E-state index < -0.39 is 0 Å². The monoisotopic (exact) mass is 300 g/mol. The maximum atomic E-state index is 12.4. The Morgan fingerprint density at radius 1 is 1.27 bits per heavy atom. The van der Waals surface area contributed by atoms with Crippen molar-refractivity contribution in [1.29, 1.82) is 0 Å². The second kappa shape index (κ2) is 6.71. The fraction of sp³-hybridized carbons (Fsp3) is 0.562. The lowest BCUT2D eigenvalue weighted by atomic mass is 9.91. The van der Waals surface area contributed by atoms with E-state index in [4.69, 9.17) is 10.3 Å². The Kier molecular flexibility index (Phi) is 4.49. The van der Waals surface area contributed by atoms with Crippen molar-refractivity contribution >= 4 is 6.09 Å². The van der Waals surface area contributed by atoms with Crippen LogP contribution in [-0.2, 0) is 11.3 Å². The lowest BCUT2D eigenvalue weighted by molar-refractivity contribution is 0.0541. The fourth-order valence-corrected chi connectivity index (χ4v) is 3.68. The molecule has 2 aliphatic rings. The number of rotatable bonds is 4. The zero-order chi connectivity index (χ0) is 15.4. The van der Waals surface area contributed by atoms with Crippen LogP contribution in [-0.4, -0.2) is 29.6 Å². The summed E-state index contributed by atoms with van der Waals surface area (Å²) in [5, 5.41) is 3.68. The van der Waals surface area contributed by atoms with E-state index >= 15 is 0 Å². The van der Waals surface area contributed by atoms with Gasteiger partial charge in [-0.05, 0) is 42.7 Å². The molecule has 3 rings (SSSR count). The van der Waals surface area contributed by atoms with E-state index in [-0.39, 0.29) is 18.2 Å². The van der Waals surface area contributed by atoms with Crippen LogP contribution in [0, 0.1) is 5.92 Å². The molecule has 0 saturated carbocycles. The Balaban J connectivity index is 1.56. The number of hydrogen-bond acceptors (Lipinski definition) is 3. The topological polar surface area (TPSA) is 78.3 Å². The molecule has 116 valence electrons. The maximum absolute atomic E-state index is 12.4. The van der Waals surface area contributed by atoms with E-state index in [1.165, 1.54) is 0 Å². The second-order valence-electron chi connectivity index (χ2n) is 6.08. The Bertz CT molecular complexity index is 557. The van der Waals surface area contributed by atoms with Gasteiger partial charge in [-0.2, -0.15) is 0 Å². The Morgan fingerprint density at radius 3 is 2.59 bits per heavy atom. The molecule has 0 radical (unpaired) electrons. The van der Waals surface area contributed by atoms with Crippen molar-refractivity contribution in [2.24, 2.45) is 11.0 Å². The van der Waals surface area contributed by atoms with Gasteiger partial charge in [-0.25, -0.2) is 4.79 Å². The number of amides is 1. The number of fused-ring (bicyclic) bond motifs is 2. The number of carbonyl (C=O) groups is 1. The first kappa shape index (κ1) is 14.7. The molecule has 2 bridgehead atoms. The van der Waals surface area contributed by atoms with Gasteiger partial charge in [0.1, 0.15) is 6.61 Å². The smallest absolute Gasteiger partial charge is 0.410 e. The number of hydrogen-bond donors (Lipinski definition) is 0. The number of benzene rings is 1. The molecular formula is C16H20N4O2. The van der Waals surface area contributed by atoms with Crippen LogP contribution < -0.4 is 0 Å². The predicted molar refractivity (Wildman–Crippen MR) is 82.0 cm³/mol. The molecular weight excluding hydrogens is 280 g/mol. The van der Waals surface area contributed by atoms with E-state index in [2.05, 4.69) is 10.0 Å². The zero-order valence-electron chi connectivity index (χ0n) is 12.5. The van der Waals surface area contributed by atoms with Crippen LogP contribution in [0.25, 0.3) is 10.4 Å². The average molecular weight is 300 g/mol. The third-order valence-corrected chi connectivity index (χ3v) is 4.65. The van der Waals surface area contributed by atoms with Gasteiger partial charge in [0.15, 0.2) is 0 Å². The van der Waals surface area contributed by atoms with Crippen molar-refractivity contribution in [1.82, 2.24) is 4.90 Å². The van der Waals surface area contributed by atoms with E-state index in [1.807, 2.05) is 35.2 Å². The summed E-state index contributed by atoms with van der Waals surface area (Å²) in [7, 11) is 0. The van der Waals surface area contributed by atoms with Gasteiger partial charge in [0.05, 0.1) is 0 Å². The Labute approximate surface area is 129 Å². The highest BCUT2D eigenvalue weighted by Crippen LogP contribution is 2.39. The van der Waals surface area contributed by atoms with Crippen molar-refractivity contribution in [3.63, 3.8) is 0 Å². The summed E-state index contributed by atoms with van der Waals surface area (Å²) in [6.07, 6.45) is 3.67. The lowest BCUT2D eigenvalue weighted by Gasteiger charge is -2.37. The summed E-state index contributed by atoms with van der Waals surface area (Å²) in [5.74, 6) is 0.395. The molecule has 1 aromatic rings. The third-order valence-electron chi connectivity index (χ3n) is 4.65. The number of piperidine rings is 1. The van der Waals surface area contributed by atoms with Crippen LogP contribution in [0.15, 0.2) is 35.4 Å². The molecule has 1 amide bonds. The van der Waals surface area contributed by atoms with Gasteiger partial charge in [-0.15, -0.1) is 0 Å². The SMILES string of the molecule is [N-]=[N+]=NCC1CC2CCC(C1)N2C(=O)OCc1ccccc1. The molecule has 2 atom stereocenters. The van der Waals surface area contributed by atoms with Gasteiger partial charge in [0.2, 0.25) is 0 Å². The molecule has 0 aromatic heterocycles. The molecule has 0 aliphatic carbocycles. The number of ether oxygens (including phenoxy) is 1. The van der Waals surface area contributed by atoms with Crippen molar-refractivity contribution < 1.29 is 9.53 Å². The maximum Gasteiger partial charge on any atom is 0.410 e. The minimum atomic E-state index is -0.210. The molecule has 0 spiro atoms. The summed E-state index contributed by atoms with van der Waals surface area (Å²) in [6, 6.07) is 10.2. The molecule has 2 aliphatic heterocycles. The Hall–Kier alpha value is -2.20. The van der Waals surface area contributed by atoms with Gasteiger partial charge < -0.3 is 9.64 Å². The average Bonchev–Trinajstić information content (AvgIpc) is 2.82. The first-order chi connectivity index (χ1) is 10.8. The van der Waals surface area contributed by atoms with Crippen LogP contribution in [0.4, 0.5) is 4.79 Å². The molecule has 0 N–H and O–H groups in total. The predicted octanol–water partition coefficient (Wildman–Crippen LogP) is 3.88. The van der Waals surface area contributed by atoms with Crippen LogP contribution in [0.5, 0.6) is 0 Å². The second-order valence-corrected chi connectivity index (χ2v) is 6.08. The molecule has 2 heterocycles. The lowest BCUT2D eigenvalue weighted by Crippen LogP contribution is -2.47. The fourth-order valence-electron chi connectivity index (χ4n) is 3.68. The van der Waals surface area contributed by atoms with E-state index in [1.54, 1.807) is 0 Å². The van der Waals surface area contributed by atoms with Crippen LogP contribution >= 0.6 is 0 Å². The van der Waals surface area contributed by atoms with Gasteiger partial charge in [0, 0.05) is 23.5 Å². The molecule has 6 heteroatoms. The highest BCUT2D eigenvalue weighted by molar-refractivity contribution is 5.69. The normalized spacial score (nSPS) is 26.4. The zero-order valence-corrected chi connectivity index (χ0v) is 12.5. The third kappa shape index (κ3) is 3.17. The Morgan fingerprint density at radius 2 is 1.95 bits per heavy atom. The van der Waals surface area contributed by atoms with Gasteiger partial charge in [0.25, 0.3) is 0 Å². The first-order valence-electron chi connectivity index (χ1n) is 7.78. The first-order valence-corrected chi connectivity index (χ1v) is 7.78. The van der Waals surface area contributed by atoms with Crippen LogP contribution in [0.2, 0.25) is 0 Å². The summed E-state index contributed by atoms with van der Waals surface area (Å²) >= 11 is 0. The highest BCUT2D eigenvalue weighted by atomic mass is 16.6. The van der Waals surface area contributed by atoms with Crippen LogP contribution in [0.3, 0.4) is 0 Å². The standard InChI is InChI=1S/C16H20N4O2/c17-19-18-10-13-8-14-6-7-15(9-13)20(14)16(21)22-11-12-4-2-1-3-5-12/h1-5,13-15H,6-11H2. The van der Waals surface area contributed by atoms with Crippen molar-refractivity contribution in [3.05, 3.63) is 46.3 Å². The van der Waals surface area contributed by atoms with Gasteiger partial charge in [-0.3, -0.25) is 0 Å². The van der Waals surface area contributed by atoms with Gasteiger partial charge >= 0.3 is 6.09 Å². The molecule has 1 aromatic carbocycles. The van der Waals surface area contributed by atoms with Gasteiger partial charge in [-0.1, -0.05) is 35.4 Å². The van der Waals surface area contributed by atoms with Crippen LogP contribution in [0.1, 0.15) is 31.2 Å².